The zero-order chi connectivity index (χ0) is 20.4. The highest BCUT2D eigenvalue weighted by Crippen LogP contribution is 2.32. The van der Waals surface area contributed by atoms with Gasteiger partial charge in [0, 0.05) is 10.9 Å². The molecule has 3 aromatic rings. The van der Waals surface area contributed by atoms with Crippen molar-refractivity contribution in [3.8, 4) is 23.3 Å². The molecule has 0 fully saturated rings. The number of aromatic nitrogens is 2. The first-order valence-electron chi connectivity index (χ1n) is 8.15. The van der Waals surface area contributed by atoms with Gasteiger partial charge in [0.25, 0.3) is 11.5 Å². The van der Waals surface area contributed by atoms with E-state index in [1.165, 1.54) is 18.4 Å². The number of aromatic hydroxyl groups is 1. The van der Waals surface area contributed by atoms with E-state index >= 15 is 0 Å². The lowest BCUT2D eigenvalue weighted by Gasteiger charge is -2.11. The number of thiophene rings is 1. The molecule has 0 saturated heterocycles. The van der Waals surface area contributed by atoms with Crippen molar-refractivity contribution in [2.24, 2.45) is 0 Å². The third kappa shape index (κ3) is 3.33. The Kier molecular flexibility index (Phi) is 5.15. The fourth-order valence-electron chi connectivity index (χ4n) is 2.60. The number of methoxy groups -OCH3 is 1. The molecule has 2 aromatic heterocycles. The van der Waals surface area contributed by atoms with Crippen LogP contribution in [0.25, 0.3) is 5.69 Å². The van der Waals surface area contributed by atoms with Gasteiger partial charge in [0.15, 0.2) is 11.4 Å². The van der Waals surface area contributed by atoms with Crippen LogP contribution < -0.4 is 15.6 Å². The van der Waals surface area contributed by atoms with Crippen LogP contribution in [0, 0.1) is 25.2 Å². The van der Waals surface area contributed by atoms with Crippen molar-refractivity contribution in [1.29, 1.82) is 5.26 Å². The van der Waals surface area contributed by atoms with Crippen molar-refractivity contribution in [3.05, 3.63) is 62.4 Å². The highest BCUT2D eigenvalue weighted by atomic mass is 32.1. The number of nitrogens with one attached hydrogen (secondary N) is 1. The molecule has 0 aliphatic heterocycles. The number of rotatable bonds is 4. The predicted octanol–water partition coefficient (Wildman–Crippen LogP) is 2.75. The number of hydrogen-bond donors (Lipinski definition) is 2. The number of amides is 1. The maximum atomic E-state index is 12.7. The SMILES string of the molecule is COc1ccccc1-n1nc(C(=O)Nc2sc(C)c(C)c2C#N)c(O)cc1=O. The molecule has 0 aliphatic rings. The maximum Gasteiger partial charge on any atom is 0.280 e. The minimum absolute atomic E-state index is 0.324. The van der Waals surface area contributed by atoms with Crippen LogP contribution in [0.2, 0.25) is 0 Å². The standard InChI is InChI=1S/C19H16N4O4S/c1-10-11(2)28-19(12(10)9-20)21-18(26)17-14(24)8-16(25)23(22-17)13-6-4-5-7-15(13)27-3/h4-8,24H,1-3H3,(H,21,26). The maximum absolute atomic E-state index is 12.7. The number of ether oxygens (including phenoxy) is 1. The molecule has 0 atom stereocenters. The Bertz CT molecular complexity index is 1170. The van der Waals surface area contributed by atoms with Crippen molar-refractivity contribution in [2.45, 2.75) is 13.8 Å². The Balaban J connectivity index is 2.06. The van der Waals surface area contributed by atoms with E-state index < -0.39 is 17.2 Å². The average Bonchev–Trinajstić information content (AvgIpc) is 2.94. The molecular weight excluding hydrogens is 380 g/mol. The summed E-state index contributed by atoms with van der Waals surface area (Å²) < 4.78 is 6.21. The summed E-state index contributed by atoms with van der Waals surface area (Å²) in [6, 6.07) is 9.63. The van der Waals surface area contributed by atoms with Crippen LogP contribution in [0.1, 0.15) is 26.5 Å². The molecule has 0 aliphatic carbocycles. The Morgan fingerprint density at radius 1 is 1.36 bits per heavy atom. The van der Waals surface area contributed by atoms with Gasteiger partial charge in [-0.25, -0.2) is 0 Å². The number of carbonyl (C=O) groups is 1. The summed E-state index contributed by atoms with van der Waals surface area (Å²) in [7, 11) is 1.45. The van der Waals surface area contributed by atoms with Gasteiger partial charge in [0.2, 0.25) is 0 Å². The Morgan fingerprint density at radius 2 is 2.07 bits per heavy atom. The van der Waals surface area contributed by atoms with Crippen LogP contribution in [0.4, 0.5) is 5.00 Å². The van der Waals surface area contributed by atoms with Crippen LogP contribution in [0.5, 0.6) is 11.5 Å². The summed E-state index contributed by atoms with van der Waals surface area (Å²) in [5.41, 5.74) is 0.481. The monoisotopic (exact) mass is 396 g/mol. The van der Waals surface area contributed by atoms with E-state index in [2.05, 4.69) is 16.5 Å². The van der Waals surface area contributed by atoms with Crippen LogP contribution in [0.15, 0.2) is 35.1 Å². The van der Waals surface area contributed by atoms with Gasteiger partial charge in [-0.1, -0.05) is 12.1 Å². The number of nitriles is 1. The van der Waals surface area contributed by atoms with Crippen LogP contribution in [0.3, 0.4) is 0 Å². The second-order valence-corrected chi connectivity index (χ2v) is 7.08. The number of nitrogens with zero attached hydrogens (tertiary/aromatic N) is 3. The average molecular weight is 396 g/mol. The van der Waals surface area contributed by atoms with Crippen molar-refractivity contribution < 1.29 is 14.6 Å². The minimum Gasteiger partial charge on any atom is -0.505 e. The van der Waals surface area contributed by atoms with Gasteiger partial charge in [0.05, 0.1) is 12.7 Å². The quantitative estimate of drug-likeness (QED) is 0.700. The van der Waals surface area contributed by atoms with Crippen LogP contribution in [-0.4, -0.2) is 27.9 Å². The van der Waals surface area contributed by atoms with E-state index in [1.54, 1.807) is 31.2 Å². The summed E-state index contributed by atoms with van der Waals surface area (Å²) in [6.07, 6.45) is 0. The first kappa shape index (κ1) is 19.1. The minimum atomic E-state index is -0.737. The largest absolute Gasteiger partial charge is 0.505 e. The number of carbonyl (C=O) groups excluding carboxylic acids is 1. The van der Waals surface area contributed by atoms with E-state index in [4.69, 9.17) is 4.74 Å². The van der Waals surface area contributed by atoms with E-state index in [-0.39, 0.29) is 5.69 Å². The van der Waals surface area contributed by atoms with E-state index in [9.17, 15) is 20.0 Å². The van der Waals surface area contributed by atoms with Crippen molar-refractivity contribution in [3.63, 3.8) is 0 Å². The predicted molar refractivity (Wildman–Crippen MR) is 105 cm³/mol. The lowest BCUT2D eigenvalue weighted by atomic mass is 10.2. The zero-order valence-electron chi connectivity index (χ0n) is 15.3. The molecule has 2 N–H and O–H groups in total. The summed E-state index contributed by atoms with van der Waals surface area (Å²) in [5.74, 6) is -0.915. The number of benzene rings is 1. The summed E-state index contributed by atoms with van der Waals surface area (Å²) in [5, 5.41) is 26.4. The molecule has 8 nitrogen and oxygen atoms in total. The lowest BCUT2D eigenvalue weighted by Crippen LogP contribution is -2.25. The molecule has 0 saturated carbocycles. The lowest BCUT2D eigenvalue weighted by molar-refractivity contribution is 0.101. The molecule has 1 amide bonds. The van der Waals surface area contributed by atoms with Crippen LogP contribution in [-0.2, 0) is 0 Å². The Hall–Kier alpha value is -3.64. The Morgan fingerprint density at radius 3 is 2.75 bits per heavy atom. The van der Waals surface area contributed by atoms with Crippen molar-refractivity contribution in [2.75, 3.05) is 12.4 Å². The van der Waals surface area contributed by atoms with Crippen LogP contribution >= 0.6 is 11.3 Å². The Labute approximate surface area is 164 Å². The molecule has 142 valence electrons. The molecule has 1 aromatic carbocycles. The number of aryl methyl sites for hydroxylation is 1. The normalized spacial score (nSPS) is 10.4. The number of anilines is 1. The summed E-state index contributed by atoms with van der Waals surface area (Å²) in [4.78, 5) is 25.9. The fraction of sp³-hybridized carbons (Fsp3) is 0.158. The van der Waals surface area contributed by atoms with E-state index in [0.29, 0.717) is 22.0 Å². The van der Waals surface area contributed by atoms with Crippen molar-refractivity contribution >= 4 is 22.2 Å². The summed E-state index contributed by atoms with van der Waals surface area (Å²) in [6.45, 7) is 3.63. The van der Waals surface area contributed by atoms with Gasteiger partial charge in [-0.3, -0.25) is 9.59 Å². The van der Waals surface area contributed by atoms with E-state index in [1.807, 2.05) is 6.92 Å². The topological polar surface area (TPSA) is 117 Å². The van der Waals surface area contributed by atoms with Crippen molar-refractivity contribution in [1.82, 2.24) is 9.78 Å². The first-order valence-corrected chi connectivity index (χ1v) is 8.97. The molecule has 0 spiro atoms. The second kappa shape index (κ2) is 7.54. The van der Waals surface area contributed by atoms with Gasteiger partial charge in [-0.05, 0) is 31.5 Å². The molecule has 9 heteroatoms. The third-order valence-electron chi connectivity index (χ3n) is 4.16. The third-order valence-corrected chi connectivity index (χ3v) is 5.29. The first-order chi connectivity index (χ1) is 13.4. The smallest absolute Gasteiger partial charge is 0.280 e. The molecule has 0 bridgehead atoms. The summed E-state index contributed by atoms with van der Waals surface area (Å²) >= 11 is 1.25. The molecule has 0 radical (unpaired) electrons. The van der Waals surface area contributed by atoms with E-state index in [0.717, 1.165) is 21.2 Å². The molecule has 2 heterocycles. The molecule has 3 rings (SSSR count). The molecule has 28 heavy (non-hydrogen) atoms. The van der Waals surface area contributed by atoms with Gasteiger partial charge in [0.1, 0.15) is 22.5 Å². The zero-order valence-corrected chi connectivity index (χ0v) is 16.1. The number of hydrogen-bond acceptors (Lipinski definition) is 7. The number of para-hydroxylation sites is 2. The highest BCUT2D eigenvalue weighted by Gasteiger charge is 2.21. The van der Waals surface area contributed by atoms with Gasteiger partial charge < -0.3 is 15.2 Å². The van der Waals surface area contributed by atoms with Gasteiger partial charge in [-0.15, -0.1) is 11.3 Å². The molecular formula is C19H16N4O4S. The second-order valence-electron chi connectivity index (χ2n) is 5.85. The van der Waals surface area contributed by atoms with Gasteiger partial charge in [-0.2, -0.15) is 15.0 Å². The fourth-order valence-corrected chi connectivity index (χ4v) is 3.60. The van der Waals surface area contributed by atoms with Gasteiger partial charge >= 0.3 is 0 Å². The molecule has 0 unspecified atom stereocenters. The highest BCUT2D eigenvalue weighted by molar-refractivity contribution is 7.16.